The molecule has 0 N–H and O–H groups in total. The van der Waals surface area contributed by atoms with E-state index in [1.807, 2.05) is 30.3 Å². The van der Waals surface area contributed by atoms with Gasteiger partial charge in [0.2, 0.25) is 0 Å². The van der Waals surface area contributed by atoms with Gasteiger partial charge in [-0.2, -0.15) is 0 Å². The van der Waals surface area contributed by atoms with Gasteiger partial charge < -0.3 is 9.64 Å². The van der Waals surface area contributed by atoms with Crippen LogP contribution in [0.3, 0.4) is 0 Å². The van der Waals surface area contributed by atoms with Crippen LogP contribution in [0.4, 0.5) is 5.69 Å². The zero-order chi connectivity index (χ0) is 15.5. The summed E-state index contributed by atoms with van der Waals surface area (Å²) >= 11 is 0. The second-order valence-corrected chi connectivity index (χ2v) is 5.07. The summed E-state index contributed by atoms with van der Waals surface area (Å²) < 4.78 is 5.45. The minimum absolute atomic E-state index is 0.00337. The highest BCUT2D eigenvalue weighted by Crippen LogP contribution is 2.28. The van der Waals surface area contributed by atoms with Crippen LogP contribution in [0.25, 0.3) is 0 Å². The third kappa shape index (κ3) is 2.90. The minimum Gasteiger partial charge on any atom is -0.483 e. The van der Waals surface area contributed by atoms with Crippen LogP contribution in [0, 0.1) is 10.1 Å². The van der Waals surface area contributed by atoms with Gasteiger partial charge in [-0.3, -0.25) is 14.9 Å². The summed E-state index contributed by atoms with van der Waals surface area (Å²) in [6.45, 7) is 0.688. The predicted octanol–water partition coefficient (Wildman–Crippen LogP) is 2.52. The van der Waals surface area contributed by atoms with Gasteiger partial charge in [-0.05, 0) is 11.6 Å². The maximum atomic E-state index is 12.2. The molecule has 0 saturated carbocycles. The Kier molecular flexibility index (Phi) is 3.74. The molecule has 6 heteroatoms. The molecule has 0 saturated heterocycles. The Hall–Kier alpha value is -2.89. The van der Waals surface area contributed by atoms with E-state index in [4.69, 9.17) is 4.74 Å². The van der Waals surface area contributed by atoms with Gasteiger partial charge in [0.15, 0.2) is 6.61 Å². The van der Waals surface area contributed by atoms with Gasteiger partial charge in [-0.15, -0.1) is 0 Å². The summed E-state index contributed by atoms with van der Waals surface area (Å²) in [5.74, 6) is 0.386. The largest absolute Gasteiger partial charge is 0.483 e. The number of hydrogen-bond acceptors (Lipinski definition) is 4. The first-order valence-corrected chi connectivity index (χ1v) is 6.85. The van der Waals surface area contributed by atoms with Crippen molar-refractivity contribution < 1.29 is 14.5 Å². The molecule has 22 heavy (non-hydrogen) atoms. The molecule has 0 fully saturated rings. The highest BCUT2D eigenvalue weighted by atomic mass is 16.6. The minimum atomic E-state index is -0.450. The highest BCUT2D eigenvalue weighted by Gasteiger charge is 2.23. The molecular formula is C16H14N2O4. The predicted molar refractivity (Wildman–Crippen MR) is 79.3 cm³/mol. The number of hydrogen-bond donors (Lipinski definition) is 0. The number of nitro benzene ring substituents is 1. The lowest BCUT2D eigenvalue weighted by Crippen LogP contribution is -2.31. The van der Waals surface area contributed by atoms with Gasteiger partial charge in [0.25, 0.3) is 11.6 Å². The van der Waals surface area contributed by atoms with Crippen LogP contribution in [0.15, 0.2) is 48.5 Å². The topological polar surface area (TPSA) is 72.7 Å². The molecule has 0 atom stereocenters. The number of non-ortho nitro benzene ring substituents is 1. The first kappa shape index (κ1) is 14.1. The zero-order valence-corrected chi connectivity index (χ0v) is 11.8. The molecule has 0 aliphatic carbocycles. The summed E-state index contributed by atoms with van der Waals surface area (Å²) in [5.41, 5.74) is 1.65. The molecule has 1 aliphatic rings. The Morgan fingerprint density at radius 2 is 1.95 bits per heavy atom. The lowest BCUT2D eigenvalue weighted by atomic mass is 10.1. The molecule has 1 aliphatic heterocycles. The van der Waals surface area contributed by atoms with Crippen LogP contribution in [-0.4, -0.2) is 22.3 Å². The van der Waals surface area contributed by atoms with Crippen molar-refractivity contribution in [2.45, 2.75) is 13.1 Å². The summed E-state index contributed by atoms with van der Waals surface area (Å²) in [7, 11) is 0. The molecule has 1 heterocycles. The fraction of sp³-hybridized carbons (Fsp3) is 0.188. The molecule has 0 unspecified atom stereocenters. The molecule has 1 amide bonds. The smallest absolute Gasteiger partial charge is 0.270 e. The Bertz CT molecular complexity index is 715. The highest BCUT2D eigenvalue weighted by molar-refractivity contribution is 5.78. The number of amides is 1. The van der Waals surface area contributed by atoms with Crippen molar-refractivity contribution in [2.24, 2.45) is 0 Å². The Morgan fingerprint density at radius 1 is 1.18 bits per heavy atom. The van der Waals surface area contributed by atoms with E-state index in [0.29, 0.717) is 24.4 Å². The first-order valence-electron chi connectivity index (χ1n) is 6.85. The van der Waals surface area contributed by atoms with Crippen LogP contribution in [-0.2, 0) is 17.9 Å². The van der Waals surface area contributed by atoms with Crippen LogP contribution < -0.4 is 4.74 Å². The van der Waals surface area contributed by atoms with E-state index in [1.165, 1.54) is 12.1 Å². The fourth-order valence-electron chi connectivity index (χ4n) is 2.42. The van der Waals surface area contributed by atoms with Gasteiger partial charge in [0.05, 0.1) is 11.5 Å². The van der Waals surface area contributed by atoms with Gasteiger partial charge in [-0.1, -0.05) is 30.3 Å². The van der Waals surface area contributed by atoms with Crippen LogP contribution in [0.2, 0.25) is 0 Å². The van der Waals surface area contributed by atoms with Crippen molar-refractivity contribution in [3.8, 4) is 5.75 Å². The van der Waals surface area contributed by atoms with E-state index in [-0.39, 0.29) is 18.2 Å². The normalized spacial score (nSPS) is 14.0. The van der Waals surface area contributed by atoms with Gasteiger partial charge in [0, 0.05) is 24.2 Å². The number of benzene rings is 2. The van der Waals surface area contributed by atoms with Crippen molar-refractivity contribution in [2.75, 3.05) is 6.61 Å². The maximum Gasteiger partial charge on any atom is 0.270 e. The standard InChI is InChI=1S/C16H14N2O4/c19-16-11-22-15-7-6-14(18(20)21)8-13(15)10-17(16)9-12-4-2-1-3-5-12/h1-8H,9-11H2. The third-order valence-corrected chi connectivity index (χ3v) is 3.54. The van der Waals surface area contributed by atoms with Gasteiger partial charge in [-0.25, -0.2) is 0 Å². The molecule has 2 aromatic rings. The number of ether oxygens (including phenoxy) is 1. The van der Waals surface area contributed by atoms with Gasteiger partial charge >= 0.3 is 0 Å². The number of nitro groups is 1. The van der Waals surface area contributed by atoms with Crippen LogP contribution in [0.5, 0.6) is 5.75 Å². The summed E-state index contributed by atoms with van der Waals surface area (Å²) in [4.78, 5) is 24.3. The third-order valence-electron chi connectivity index (χ3n) is 3.54. The molecule has 0 radical (unpaired) electrons. The van der Waals surface area contributed by atoms with Crippen molar-refractivity contribution in [3.05, 3.63) is 69.8 Å². The summed E-state index contributed by atoms with van der Waals surface area (Å²) in [6.07, 6.45) is 0. The average Bonchev–Trinajstić information content (AvgIpc) is 2.67. The fourth-order valence-corrected chi connectivity index (χ4v) is 2.42. The lowest BCUT2D eigenvalue weighted by molar-refractivity contribution is -0.384. The Morgan fingerprint density at radius 3 is 2.68 bits per heavy atom. The Balaban J connectivity index is 1.88. The van der Waals surface area contributed by atoms with E-state index in [2.05, 4.69) is 0 Å². The summed E-state index contributed by atoms with van der Waals surface area (Å²) in [6, 6.07) is 14.0. The SMILES string of the molecule is O=C1COc2ccc([N+](=O)[O-])cc2CN1Cc1ccccc1. The van der Waals surface area contributed by atoms with E-state index in [9.17, 15) is 14.9 Å². The molecule has 0 spiro atoms. The monoisotopic (exact) mass is 298 g/mol. The van der Waals surface area contributed by atoms with Gasteiger partial charge in [0.1, 0.15) is 5.75 Å². The second-order valence-electron chi connectivity index (χ2n) is 5.07. The van der Waals surface area contributed by atoms with Crippen molar-refractivity contribution in [1.29, 1.82) is 0 Å². The zero-order valence-electron chi connectivity index (χ0n) is 11.8. The molecule has 6 nitrogen and oxygen atoms in total. The molecule has 2 aromatic carbocycles. The average molecular weight is 298 g/mol. The molecule has 0 bridgehead atoms. The number of carbonyl (C=O) groups excluding carboxylic acids is 1. The second kappa shape index (κ2) is 5.85. The van der Waals surface area contributed by atoms with Crippen molar-refractivity contribution in [3.63, 3.8) is 0 Å². The number of carbonyl (C=O) groups is 1. The van der Waals surface area contributed by atoms with Crippen molar-refractivity contribution in [1.82, 2.24) is 4.90 Å². The number of rotatable bonds is 3. The van der Waals surface area contributed by atoms with Crippen LogP contribution >= 0.6 is 0 Å². The van der Waals surface area contributed by atoms with E-state index < -0.39 is 4.92 Å². The number of nitrogens with zero attached hydrogens (tertiary/aromatic N) is 2. The van der Waals surface area contributed by atoms with Crippen LogP contribution in [0.1, 0.15) is 11.1 Å². The molecule has 3 rings (SSSR count). The van der Waals surface area contributed by atoms with E-state index in [1.54, 1.807) is 11.0 Å². The van der Waals surface area contributed by atoms with E-state index in [0.717, 1.165) is 5.56 Å². The quantitative estimate of drug-likeness (QED) is 0.644. The first-order chi connectivity index (χ1) is 10.6. The molecule has 0 aromatic heterocycles. The number of fused-ring (bicyclic) bond motifs is 1. The maximum absolute atomic E-state index is 12.2. The summed E-state index contributed by atoms with van der Waals surface area (Å²) in [5, 5.41) is 10.9. The Labute approximate surface area is 127 Å². The van der Waals surface area contributed by atoms with E-state index >= 15 is 0 Å². The molecular weight excluding hydrogens is 284 g/mol. The molecule has 112 valence electrons. The lowest BCUT2D eigenvalue weighted by Gasteiger charge is -2.20. The van der Waals surface area contributed by atoms with Crippen molar-refractivity contribution >= 4 is 11.6 Å².